The van der Waals surface area contributed by atoms with Gasteiger partial charge in [0.2, 0.25) is 0 Å². The number of ketones is 1. The van der Waals surface area contributed by atoms with E-state index in [0.717, 1.165) is 19.4 Å². The second-order valence-corrected chi connectivity index (χ2v) is 11.7. The summed E-state index contributed by atoms with van der Waals surface area (Å²) in [5.41, 5.74) is 1.89. The molecule has 0 bridgehead atoms. The number of hydrogen-bond acceptors (Lipinski definition) is 4. The van der Waals surface area contributed by atoms with Gasteiger partial charge in [0, 0.05) is 25.0 Å². The van der Waals surface area contributed by atoms with Crippen molar-refractivity contribution in [2.24, 2.45) is 28.6 Å². The van der Waals surface area contributed by atoms with Crippen molar-refractivity contribution >= 4 is 22.7 Å². The summed E-state index contributed by atoms with van der Waals surface area (Å²) in [7, 11) is 0. The average Bonchev–Trinajstić information content (AvgIpc) is 2.89. The Morgan fingerprint density at radius 3 is 2.56 bits per heavy atom. The van der Waals surface area contributed by atoms with Crippen LogP contribution in [0.25, 0.3) is 0 Å². The van der Waals surface area contributed by atoms with Crippen LogP contribution in [0.5, 0.6) is 0 Å². The molecule has 5 aliphatic rings. The molecule has 4 fully saturated rings. The Morgan fingerprint density at radius 2 is 1.89 bits per heavy atom. The first-order valence-corrected chi connectivity index (χ1v) is 11.7. The molecule has 3 saturated carbocycles. The summed E-state index contributed by atoms with van der Waals surface area (Å²) in [4.78, 5) is 24.3. The van der Waals surface area contributed by atoms with Crippen LogP contribution in [0.4, 0.5) is 0 Å². The number of thioether (sulfide) groups is 1. The maximum Gasteiger partial charge on any atom is 0.186 e. The predicted molar refractivity (Wildman–Crippen MR) is 107 cm³/mol. The van der Waals surface area contributed by atoms with Crippen LogP contribution in [-0.4, -0.2) is 28.4 Å². The van der Waals surface area contributed by atoms with Gasteiger partial charge in [0.25, 0.3) is 0 Å². The minimum absolute atomic E-state index is 0.119. The number of allylic oxidation sites excluding steroid dienone is 1. The van der Waals surface area contributed by atoms with Crippen molar-refractivity contribution in [2.45, 2.75) is 83.0 Å². The molecular formula is C23H32O3S. The van der Waals surface area contributed by atoms with Gasteiger partial charge in [-0.3, -0.25) is 9.59 Å². The van der Waals surface area contributed by atoms with Crippen molar-refractivity contribution in [3.8, 4) is 0 Å². The van der Waals surface area contributed by atoms with E-state index in [9.17, 15) is 9.59 Å². The van der Waals surface area contributed by atoms with Gasteiger partial charge in [0.05, 0.1) is 12.2 Å². The highest BCUT2D eigenvalue weighted by Gasteiger charge is 2.68. The van der Waals surface area contributed by atoms with E-state index in [2.05, 4.69) is 13.8 Å². The van der Waals surface area contributed by atoms with Crippen molar-refractivity contribution in [2.75, 3.05) is 6.61 Å². The van der Waals surface area contributed by atoms with E-state index in [1.165, 1.54) is 37.7 Å². The highest BCUT2D eigenvalue weighted by atomic mass is 32.2. The molecule has 0 aromatic rings. The van der Waals surface area contributed by atoms with Crippen molar-refractivity contribution in [1.29, 1.82) is 0 Å². The van der Waals surface area contributed by atoms with Gasteiger partial charge in [-0.15, -0.1) is 0 Å². The fourth-order valence-corrected chi connectivity index (χ4v) is 9.15. The van der Waals surface area contributed by atoms with E-state index in [1.807, 2.05) is 6.08 Å². The van der Waals surface area contributed by atoms with Crippen molar-refractivity contribution in [3.63, 3.8) is 0 Å². The van der Waals surface area contributed by atoms with E-state index in [1.54, 1.807) is 18.7 Å². The molecule has 0 amide bonds. The van der Waals surface area contributed by atoms with Crippen LogP contribution in [0, 0.1) is 28.6 Å². The molecule has 5 rings (SSSR count). The summed E-state index contributed by atoms with van der Waals surface area (Å²) >= 11 is 1.56. The van der Waals surface area contributed by atoms with Crippen LogP contribution < -0.4 is 0 Å². The third-order valence-electron chi connectivity index (χ3n) is 9.45. The summed E-state index contributed by atoms with van der Waals surface area (Å²) < 4.78 is 6.26. The molecule has 1 spiro atoms. The number of fused-ring (bicyclic) bond motifs is 6. The fraction of sp³-hybridized carbons (Fsp3) is 0.826. The molecule has 1 heterocycles. The smallest absolute Gasteiger partial charge is 0.186 e. The Labute approximate surface area is 167 Å². The Bertz CT molecular complexity index is 723. The lowest BCUT2D eigenvalue weighted by molar-refractivity contribution is -0.226. The largest absolute Gasteiger partial charge is 0.374 e. The lowest BCUT2D eigenvalue weighted by Gasteiger charge is -2.62. The summed E-state index contributed by atoms with van der Waals surface area (Å²) in [6, 6.07) is 0. The first kappa shape index (κ1) is 18.4. The number of hydrogen-bond donors (Lipinski definition) is 0. The van der Waals surface area contributed by atoms with E-state index in [-0.39, 0.29) is 27.3 Å². The topological polar surface area (TPSA) is 43.4 Å². The first-order valence-electron chi connectivity index (χ1n) is 10.8. The van der Waals surface area contributed by atoms with Gasteiger partial charge >= 0.3 is 0 Å². The Balaban J connectivity index is 1.56. The molecular weight excluding hydrogens is 356 g/mol. The molecule has 1 aliphatic heterocycles. The molecule has 4 heteroatoms. The minimum atomic E-state index is 0.119. The molecule has 1 saturated heterocycles. The van der Waals surface area contributed by atoms with Gasteiger partial charge in [-0.2, -0.15) is 0 Å². The van der Waals surface area contributed by atoms with Crippen molar-refractivity contribution in [1.82, 2.24) is 0 Å². The van der Waals surface area contributed by atoms with Gasteiger partial charge in [-0.05, 0) is 73.2 Å². The van der Waals surface area contributed by atoms with Crippen LogP contribution in [0.3, 0.4) is 0 Å². The zero-order valence-corrected chi connectivity index (χ0v) is 17.7. The Hall–Kier alpha value is -0.610. The van der Waals surface area contributed by atoms with Gasteiger partial charge in [-0.25, -0.2) is 0 Å². The summed E-state index contributed by atoms with van der Waals surface area (Å²) in [5, 5.41) is 0.558. The summed E-state index contributed by atoms with van der Waals surface area (Å²) in [6.07, 6.45) is 10.7. The number of carbonyl (C=O) groups is 2. The Kier molecular flexibility index (Phi) is 4.06. The highest BCUT2D eigenvalue weighted by Crippen LogP contribution is 2.71. The SMILES string of the molecule is CC(=O)S[C@@H]1CC2=CC(=O)CC[C@]2(C)[C@H]2CC[C@@]3(C)[C@@H](CC[C@@]34CCO4)[C@H]12. The molecule has 3 nitrogen and oxygen atoms in total. The molecule has 148 valence electrons. The average molecular weight is 389 g/mol. The molecule has 0 aromatic heterocycles. The van der Waals surface area contributed by atoms with Crippen molar-refractivity contribution < 1.29 is 14.3 Å². The third kappa shape index (κ3) is 2.38. The molecule has 0 N–H and O–H groups in total. The van der Waals surface area contributed by atoms with E-state index in [0.29, 0.717) is 29.4 Å². The minimum Gasteiger partial charge on any atom is -0.374 e. The predicted octanol–water partition coefficient (Wildman–Crippen LogP) is 4.94. The maximum atomic E-state index is 12.1. The quantitative estimate of drug-likeness (QED) is 0.638. The Morgan fingerprint density at radius 1 is 1.15 bits per heavy atom. The zero-order valence-electron chi connectivity index (χ0n) is 16.9. The van der Waals surface area contributed by atoms with Crippen LogP contribution in [0.15, 0.2) is 11.6 Å². The van der Waals surface area contributed by atoms with Crippen LogP contribution in [-0.2, 0) is 14.3 Å². The van der Waals surface area contributed by atoms with Crippen molar-refractivity contribution in [3.05, 3.63) is 11.6 Å². The van der Waals surface area contributed by atoms with Crippen LogP contribution in [0.1, 0.15) is 72.1 Å². The van der Waals surface area contributed by atoms with E-state index in [4.69, 9.17) is 4.74 Å². The molecule has 7 atom stereocenters. The molecule has 4 aliphatic carbocycles. The number of carbonyl (C=O) groups excluding carboxylic acids is 2. The van der Waals surface area contributed by atoms with Gasteiger partial charge in [0.15, 0.2) is 10.9 Å². The molecule has 0 aromatic carbocycles. The zero-order chi connectivity index (χ0) is 19.0. The van der Waals surface area contributed by atoms with Gasteiger partial charge in [-0.1, -0.05) is 31.2 Å². The van der Waals surface area contributed by atoms with E-state index < -0.39 is 0 Å². The maximum absolute atomic E-state index is 12.1. The van der Waals surface area contributed by atoms with Gasteiger partial charge in [0.1, 0.15) is 0 Å². The van der Waals surface area contributed by atoms with Crippen LogP contribution >= 0.6 is 11.8 Å². The summed E-state index contributed by atoms with van der Waals surface area (Å²) in [5.74, 6) is 2.13. The second kappa shape index (κ2) is 5.95. The number of rotatable bonds is 1. The fourth-order valence-electron chi connectivity index (χ4n) is 7.92. The lowest BCUT2D eigenvalue weighted by atomic mass is 9.46. The molecule has 0 unspecified atom stereocenters. The standard InChI is InChI=1S/C23H32O3S/c1-14(24)27-19-13-15-12-16(25)4-7-21(15,2)17-5-8-22(3)18(20(17)19)6-9-23(22)10-11-26-23/h12,17-20H,4-11,13H2,1-3H3/t17-,18-,19+,20+,21-,22-,23+/m0/s1. The van der Waals surface area contributed by atoms with Crippen LogP contribution in [0.2, 0.25) is 0 Å². The molecule has 27 heavy (non-hydrogen) atoms. The monoisotopic (exact) mass is 388 g/mol. The number of ether oxygens (including phenoxy) is 1. The van der Waals surface area contributed by atoms with E-state index >= 15 is 0 Å². The lowest BCUT2D eigenvalue weighted by Crippen LogP contribution is -2.61. The first-order chi connectivity index (χ1) is 12.8. The molecule has 0 radical (unpaired) electrons. The highest BCUT2D eigenvalue weighted by molar-refractivity contribution is 8.14. The summed E-state index contributed by atoms with van der Waals surface area (Å²) in [6.45, 7) is 7.55. The third-order valence-corrected chi connectivity index (χ3v) is 10.6. The second-order valence-electron chi connectivity index (χ2n) is 10.3. The normalized spacial score (nSPS) is 51.1. The van der Waals surface area contributed by atoms with Gasteiger partial charge < -0.3 is 4.74 Å².